The largest absolute Gasteiger partial charge is 0.371 e. The maximum atomic E-state index is 12.4. The topological polar surface area (TPSA) is 71.5 Å². The van der Waals surface area contributed by atoms with E-state index >= 15 is 0 Å². The number of amides is 2. The summed E-state index contributed by atoms with van der Waals surface area (Å²) in [5, 5.41) is 3.02. The summed E-state index contributed by atoms with van der Waals surface area (Å²) in [5.41, 5.74) is 0.429. The number of likely N-dealkylation sites (tertiary alicyclic amines) is 1. The Morgan fingerprint density at radius 1 is 1.25 bits per heavy atom. The molecule has 3 fully saturated rings. The number of nitrogens with zero attached hydrogens (tertiary/aromatic N) is 2. The highest BCUT2D eigenvalue weighted by molar-refractivity contribution is 5.94. The second-order valence-corrected chi connectivity index (χ2v) is 7.41. The Balaban J connectivity index is 1.24. The molecule has 6 heteroatoms. The first-order chi connectivity index (χ1) is 11.6. The van der Waals surface area contributed by atoms with Gasteiger partial charge < -0.3 is 15.0 Å². The normalized spacial score (nSPS) is 24.7. The Bertz CT molecular complexity index is 624. The van der Waals surface area contributed by atoms with E-state index < -0.39 is 0 Å². The number of hydrogen-bond donors (Lipinski definition) is 1. The molecule has 0 radical (unpaired) electrons. The van der Waals surface area contributed by atoms with Crippen LogP contribution < -0.4 is 5.32 Å². The van der Waals surface area contributed by atoms with Crippen molar-refractivity contribution in [3.8, 4) is 0 Å². The van der Waals surface area contributed by atoms with Crippen molar-refractivity contribution in [2.24, 2.45) is 11.8 Å². The van der Waals surface area contributed by atoms with Crippen molar-refractivity contribution >= 4 is 11.8 Å². The molecule has 4 rings (SSSR count). The molecule has 0 bridgehead atoms. The van der Waals surface area contributed by atoms with Crippen molar-refractivity contribution < 1.29 is 14.3 Å². The van der Waals surface area contributed by atoms with Crippen LogP contribution in [0.3, 0.4) is 0 Å². The zero-order valence-corrected chi connectivity index (χ0v) is 13.7. The summed E-state index contributed by atoms with van der Waals surface area (Å²) in [4.78, 5) is 30.1. The Morgan fingerprint density at radius 2 is 2.00 bits per heavy atom. The second kappa shape index (κ2) is 6.16. The summed E-state index contributed by atoms with van der Waals surface area (Å²) >= 11 is 0. The van der Waals surface area contributed by atoms with Gasteiger partial charge in [-0.2, -0.15) is 0 Å². The summed E-state index contributed by atoms with van der Waals surface area (Å²) < 4.78 is 5.96. The molecule has 1 aromatic heterocycles. The van der Waals surface area contributed by atoms with Crippen LogP contribution in [0.5, 0.6) is 0 Å². The average molecular weight is 329 g/mol. The number of carbonyl (C=O) groups is 2. The van der Waals surface area contributed by atoms with Crippen molar-refractivity contribution in [1.82, 2.24) is 15.2 Å². The molecule has 1 unspecified atom stereocenters. The lowest BCUT2D eigenvalue weighted by Gasteiger charge is -2.47. The Labute approximate surface area is 141 Å². The predicted octanol–water partition coefficient (Wildman–Crippen LogP) is 1.23. The third-order valence-corrected chi connectivity index (χ3v) is 5.22. The molecule has 6 nitrogen and oxygen atoms in total. The number of aromatic nitrogens is 1. The van der Waals surface area contributed by atoms with Gasteiger partial charge >= 0.3 is 0 Å². The third kappa shape index (κ3) is 3.29. The maximum Gasteiger partial charge on any atom is 0.254 e. The van der Waals surface area contributed by atoms with Gasteiger partial charge in [0.15, 0.2) is 0 Å². The fraction of sp³-hybridized carbons (Fsp3) is 0.611. The first-order valence-corrected chi connectivity index (χ1v) is 8.73. The zero-order valence-electron chi connectivity index (χ0n) is 13.7. The minimum Gasteiger partial charge on any atom is -0.371 e. The van der Waals surface area contributed by atoms with Crippen LogP contribution in [0.4, 0.5) is 0 Å². The van der Waals surface area contributed by atoms with Gasteiger partial charge in [0.2, 0.25) is 5.91 Å². The van der Waals surface area contributed by atoms with Gasteiger partial charge in [0.05, 0.1) is 19.7 Å². The van der Waals surface area contributed by atoms with Crippen LogP contribution in [0.2, 0.25) is 0 Å². The van der Waals surface area contributed by atoms with Crippen molar-refractivity contribution in [2.45, 2.75) is 31.3 Å². The molecular formula is C18H23N3O3. The van der Waals surface area contributed by atoms with Crippen LogP contribution in [0.15, 0.2) is 24.5 Å². The van der Waals surface area contributed by atoms with Gasteiger partial charge in [0.1, 0.15) is 5.60 Å². The van der Waals surface area contributed by atoms with Crippen LogP contribution in [-0.2, 0) is 9.53 Å². The van der Waals surface area contributed by atoms with Gasteiger partial charge in [-0.05, 0) is 43.2 Å². The lowest BCUT2D eigenvalue weighted by Crippen LogP contribution is -2.63. The number of pyridine rings is 1. The van der Waals surface area contributed by atoms with Gasteiger partial charge in [-0.1, -0.05) is 0 Å². The van der Waals surface area contributed by atoms with E-state index in [4.69, 9.17) is 4.74 Å². The van der Waals surface area contributed by atoms with Crippen LogP contribution in [-0.4, -0.2) is 53.5 Å². The predicted molar refractivity (Wildman–Crippen MR) is 87.3 cm³/mol. The Hall–Kier alpha value is -1.95. The molecule has 2 amide bonds. The highest BCUT2D eigenvalue weighted by Gasteiger charge is 2.51. The van der Waals surface area contributed by atoms with Crippen molar-refractivity contribution in [1.29, 1.82) is 0 Å². The fourth-order valence-corrected chi connectivity index (χ4v) is 3.67. The lowest BCUT2D eigenvalue weighted by atomic mass is 9.85. The molecule has 1 atom stereocenters. The minimum atomic E-state index is -0.232. The van der Waals surface area contributed by atoms with Gasteiger partial charge in [0, 0.05) is 30.9 Å². The van der Waals surface area contributed by atoms with Crippen LogP contribution >= 0.6 is 0 Å². The first-order valence-electron chi connectivity index (χ1n) is 8.73. The average Bonchev–Trinajstić information content (AvgIpc) is 3.30. The molecule has 1 aliphatic carbocycles. The lowest BCUT2D eigenvalue weighted by molar-refractivity contribution is -0.122. The van der Waals surface area contributed by atoms with Gasteiger partial charge in [-0.15, -0.1) is 0 Å². The Kier molecular flexibility index (Phi) is 4.00. The van der Waals surface area contributed by atoms with E-state index in [0.717, 1.165) is 13.0 Å². The van der Waals surface area contributed by atoms with Crippen molar-refractivity contribution in [3.05, 3.63) is 30.1 Å². The van der Waals surface area contributed by atoms with E-state index in [0.29, 0.717) is 37.6 Å². The molecule has 3 aliphatic rings. The smallest absolute Gasteiger partial charge is 0.254 e. The summed E-state index contributed by atoms with van der Waals surface area (Å²) in [7, 11) is 0. The summed E-state index contributed by atoms with van der Waals surface area (Å²) in [6.07, 6.45) is 7.15. The Morgan fingerprint density at radius 3 is 2.71 bits per heavy atom. The number of hydrogen-bond acceptors (Lipinski definition) is 4. The highest BCUT2D eigenvalue weighted by Crippen LogP contribution is 2.39. The third-order valence-electron chi connectivity index (χ3n) is 5.22. The van der Waals surface area contributed by atoms with Crippen molar-refractivity contribution in [2.75, 3.05) is 26.2 Å². The monoisotopic (exact) mass is 329 g/mol. The maximum absolute atomic E-state index is 12.4. The number of rotatable bonds is 5. The standard InChI is InChI=1S/C18H23N3O3/c22-16(20-9-13-1-2-13)7-14-8-18(24-10-14)11-21(12-18)17(23)15-3-5-19-6-4-15/h3-6,13-14H,1-2,7-12H2,(H,20,22). The second-order valence-electron chi connectivity index (χ2n) is 7.41. The molecule has 128 valence electrons. The molecule has 1 saturated carbocycles. The van der Waals surface area contributed by atoms with E-state index in [9.17, 15) is 9.59 Å². The van der Waals surface area contributed by atoms with E-state index in [1.807, 2.05) is 4.90 Å². The fourth-order valence-electron chi connectivity index (χ4n) is 3.67. The number of nitrogens with one attached hydrogen (secondary N) is 1. The first kappa shape index (κ1) is 15.6. The van der Waals surface area contributed by atoms with Crippen LogP contribution in [0.25, 0.3) is 0 Å². The van der Waals surface area contributed by atoms with E-state index in [2.05, 4.69) is 10.3 Å². The number of ether oxygens (including phenoxy) is 1. The van der Waals surface area contributed by atoms with Gasteiger partial charge in [-0.3, -0.25) is 14.6 Å². The van der Waals surface area contributed by atoms with E-state index in [1.54, 1.807) is 24.5 Å². The SMILES string of the molecule is O=C(CC1COC2(C1)CN(C(=O)c1ccncc1)C2)NCC1CC1. The van der Waals surface area contributed by atoms with Crippen LogP contribution in [0, 0.1) is 11.8 Å². The molecule has 3 heterocycles. The highest BCUT2D eigenvalue weighted by atomic mass is 16.5. The minimum absolute atomic E-state index is 0.0252. The molecule has 1 N–H and O–H groups in total. The van der Waals surface area contributed by atoms with E-state index in [-0.39, 0.29) is 23.3 Å². The zero-order chi connectivity index (χ0) is 16.6. The molecule has 0 aromatic carbocycles. The summed E-state index contributed by atoms with van der Waals surface area (Å²) in [5.74, 6) is 1.13. The molecule has 2 saturated heterocycles. The van der Waals surface area contributed by atoms with Gasteiger partial charge in [0.25, 0.3) is 5.91 Å². The van der Waals surface area contributed by atoms with Crippen molar-refractivity contribution in [3.63, 3.8) is 0 Å². The molecule has 24 heavy (non-hydrogen) atoms. The van der Waals surface area contributed by atoms with Crippen LogP contribution in [0.1, 0.15) is 36.0 Å². The molecule has 1 aromatic rings. The van der Waals surface area contributed by atoms with E-state index in [1.165, 1.54) is 12.8 Å². The number of carbonyl (C=O) groups excluding carboxylic acids is 2. The summed E-state index contributed by atoms with van der Waals surface area (Å²) in [6.45, 7) is 2.68. The quantitative estimate of drug-likeness (QED) is 0.882. The summed E-state index contributed by atoms with van der Waals surface area (Å²) in [6, 6.07) is 3.46. The van der Waals surface area contributed by atoms with Gasteiger partial charge in [-0.25, -0.2) is 0 Å². The molecule has 2 aliphatic heterocycles. The molecule has 1 spiro atoms. The molecular weight excluding hydrogens is 306 g/mol.